The van der Waals surface area contributed by atoms with Crippen molar-refractivity contribution in [2.75, 3.05) is 11.4 Å². The Bertz CT molecular complexity index is 2890. The van der Waals surface area contributed by atoms with Gasteiger partial charge in [-0.25, -0.2) is 0 Å². The van der Waals surface area contributed by atoms with Gasteiger partial charge in [0.2, 0.25) is 0 Å². The van der Waals surface area contributed by atoms with Gasteiger partial charge in [0.15, 0.2) is 0 Å². The zero-order chi connectivity index (χ0) is 35.3. The second kappa shape index (κ2) is 12.7. The molecule has 6 aromatic carbocycles. The van der Waals surface area contributed by atoms with E-state index in [-0.39, 0.29) is 0 Å². The summed E-state index contributed by atoms with van der Waals surface area (Å²) >= 11 is 0. The lowest BCUT2D eigenvalue weighted by atomic mass is 10.00. The first-order valence-electron chi connectivity index (χ1n) is 18.3. The van der Waals surface area contributed by atoms with E-state index in [1.807, 2.05) is 0 Å². The van der Waals surface area contributed by atoms with Gasteiger partial charge in [0.05, 0.1) is 22.1 Å². The number of allylic oxidation sites excluding steroid dienone is 3. The molecule has 10 rings (SSSR count). The summed E-state index contributed by atoms with van der Waals surface area (Å²) in [6.07, 6.45) is 14.7. The van der Waals surface area contributed by atoms with Gasteiger partial charge in [0.25, 0.3) is 0 Å². The molecular formula is C50H37N3. The molecule has 53 heavy (non-hydrogen) atoms. The molecule has 0 radical (unpaired) electrons. The lowest BCUT2D eigenvalue weighted by Crippen LogP contribution is -2.29. The van der Waals surface area contributed by atoms with Crippen molar-refractivity contribution >= 4 is 63.1 Å². The smallest absolute Gasteiger partial charge is 0.0544 e. The van der Waals surface area contributed by atoms with E-state index in [2.05, 4.69) is 209 Å². The Morgan fingerprint density at radius 3 is 1.83 bits per heavy atom. The minimum Gasteiger partial charge on any atom is -0.337 e. The highest BCUT2D eigenvalue weighted by Gasteiger charge is 2.20. The molecule has 252 valence electrons. The predicted octanol–water partition coefficient (Wildman–Crippen LogP) is 11.1. The standard InChI is InChI=1S/C50H37N3/c1-35-32-50-43(30-31-51(38-16-6-2-7-17-38)46-24-15-14-22-41(35)46)45-34-37(27-29-49(45)53(50)40-20-10-4-11-21-40)36-26-28-48-44(33-36)42-23-12-5-13-25-47(42)52(48)39-18-8-3-9-19-39/h2-4,6-30,32-34H,1,5,31H2/b43-30-,50-32+. The number of hydrogen-bond acceptors (Lipinski definition) is 1. The van der Waals surface area contributed by atoms with Crippen LogP contribution < -0.4 is 15.5 Å². The van der Waals surface area contributed by atoms with Gasteiger partial charge in [-0.2, -0.15) is 0 Å². The Hall–Kier alpha value is -6.84. The summed E-state index contributed by atoms with van der Waals surface area (Å²) in [5.41, 5.74) is 14.0. The third-order valence-electron chi connectivity index (χ3n) is 10.7. The molecule has 0 atom stereocenters. The van der Waals surface area contributed by atoms with E-state index in [4.69, 9.17) is 0 Å². The molecule has 0 saturated heterocycles. The molecule has 3 heterocycles. The molecule has 2 aromatic heterocycles. The fourth-order valence-corrected chi connectivity index (χ4v) is 8.24. The second-order valence-corrected chi connectivity index (χ2v) is 13.8. The van der Waals surface area contributed by atoms with Gasteiger partial charge < -0.3 is 14.0 Å². The van der Waals surface area contributed by atoms with Crippen molar-refractivity contribution in [3.05, 3.63) is 198 Å². The molecule has 0 amide bonds. The van der Waals surface area contributed by atoms with Gasteiger partial charge in [0.1, 0.15) is 0 Å². The second-order valence-electron chi connectivity index (χ2n) is 13.8. The van der Waals surface area contributed by atoms with Crippen LogP contribution in [0.5, 0.6) is 0 Å². The molecule has 1 aliphatic carbocycles. The summed E-state index contributed by atoms with van der Waals surface area (Å²) < 4.78 is 4.79. The van der Waals surface area contributed by atoms with E-state index in [1.54, 1.807) is 0 Å². The quantitative estimate of drug-likeness (QED) is 0.180. The number of para-hydroxylation sites is 4. The summed E-state index contributed by atoms with van der Waals surface area (Å²) in [7, 11) is 0. The average Bonchev–Trinajstić information content (AvgIpc) is 3.58. The molecular weight excluding hydrogens is 643 g/mol. The summed E-state index contributed by atoms with van der Waals surface area (Å²) in [4.78, 5) is 2.40. The Balaban J connectivity index is 1.22. The first-order valence-corrected chi connectivity index (χ1v) is 18.3. The van der Waals surface area contributed by atoms with Crippen LogP contribution in [0, 0.1) is 0 Å². The van der Waals surface area contributed by atoms with Crippen molar-refractivity contribution in [2.24, 2.45) is 0 Å². The van der Waals surface area contributed by atoms with Gasteiger partial charge in [-0.15, -0.1) is 0 Å². The molecule has 3 nitrogen and oxygen atoms in total. The van der Waals surface area contributed by atoms with E-state index >= 15 is 0 Å². The fraction of sp³-hybridized carbons (Fsp3) is 0.0400. The first kappa shape index (κ1) is 30.9. The van der Waals surface area contributed by atoms with Gasteiger partial charge in [0, 0.05) is 56.4 Å². The van der Waals surface area contributed by atoms with Crippen molar-refractivity contribution in [1.82, 2.24) is 9.13 Å². The molecule has 0 fully saturated rings. The SMILES string of the molecule is C=C1/C=c2\c(c3cc(-c4ccc5c(c4)c4c(n5-c5ccccc5)C=CCC=C4)ccc3n2-c2ccccc2)=C/CN(c2ccccc2)c2ccccc21. The largest absolute Gasteiger partial charge is 0.337 e. The fourth-order valence-electron chi connectivity index (χ4n) is 8.24. The number of nitrogens with zero attached hydrogens (tertiary/aromatic N) is 3. The molecule has 0 saturated carbocycles. The number of rotatable bonds is 4. The maximum absolute atomic E-state index is 4.67. The van der Waals surface area contributed by atoms with Gasteiger partial charge in [-0.3, -0.25) is 0 Å². The lowest BCUT2D eigenvalue weighted by Gasteiger charge is -2.26. The van der Waals surface area contributed by atoms with Crippen molar-refractivity contribution in [3.63, 3.8) is 0 Å². The maximum atomic E-state index is 4.67. The van der Waals surface area contributed by atoms with Crippen LogP contribution in [0.25, 0.3) is 74.2 Å². The molecule has 2 aliphatic rings. The monoisotopic (exact) mass is 679 g/mol. The number of aromatic nitrogens is 2. The highest BCUT2D eigenvalue weighted by Crippen LogP contribution is 2.37. The predicted molar refractivity (Wildman–Crippen MR) is 225 cm³/mol. The number of fused-ring (bicyclic) bond motifs is 7. The Labute approximate surface area is 309 Å². The molecule has 0 unspecified atom stereocenters. The van der Waals surface area contributed by atoms with E-state index in [0.29, 0.717) is 6.54 Å². The third-order valence-corrected chi connectivity index (χ3v) is 10.7. The van der Waals surface area contributed by atoms with Crippen LogP contribution in [-0.2, 0) is 0 Å². The molecule has 0 bridgehead atoms. The van der Waals surface area contributed by atoms with E-state index in [9.17, 15) is 0 Å². The Kier molecular flexibility index (Phi) is 7.43. The molecule has 1 aliphatic heterocycles. The molecule has 0 N–H and O–H groups in total. The van der Waals surface area contributed by atoms with Gasteiger partial charge in [-0.05, 0) is 102 Å². The highest BCUT2D eigenvalue weighted by molar-refractivity contribution is 6.00. The van der Waals surface area contributed by atoms with Crippen molar-refractivity contribution < 1.29 is 0 Å². The van der Waals surface area contributed by atoms with Crippen LogP contribution in [0.2, 0.25) is 0 Å². The minimum atomic E-state index is 0.707. The summed E-state index contributed by atoms with van der Waals surface area (Å²) in [5, 5.41) is 4.81. The number of hydrogen-bond donors (Lipinski definition) is 0. The molecule has 3 heteroatoms. The van der Waals surface area contributed by atoms with E-state index in [1.165, 1.54) is 55.1 Å². The normalized spacial score (nSPS) is 14.9. The van der Waals surface area contributed by atoms with Crippen LogP contribution >= 0.6 is 0 Å². The highest BCUT2D eigenvalue weighted by atomic mass is 15.1. The Morgan fingerprint density at radius 1 is 0.528 bits per heavy atom. The van der Waals surface area contributed by atoms with Crippen molar-refractivity contribution in [3.8, 4) is 22.5 Å². The summed E-state index contributed by atoms with van der Waals surface area (Å²) in [6, 6.07) is 54.6. The zero-order valence-electron chi connectivity index (χ0n) is 29.4. The van der Waals surface area contributed by atoms with Crippen molar-refractivity contribution in [1.29, 1.82) is 0 Å². The van der Waals surface area contributed by atoms with Gasteiger partial charge >= 0.3 is 0 Å². The zero-order valence-corrected chi connectivity index (χ0v) is 29.4. The third kappa shape index (κ3) is 5.20. The van der Waals surface area contributed by atoms with E-state index in [0.717, 1.165) is 40.0 Å². The van der Waals surface area contributed by atoms with Crippen LogP contribution in [-0.4, -0.2) is 15.7 Å². The molecule has 8 aromatic rings. The van der Waals surface area contributed by atoms with Crippen molar-refractivity contribution in [2.45, 2.75) is 6.42 Å². The topological polar surface area (TPSA) is 13.1 Å². The van der Waals surface area contributed by atoms with Crippen LogP contribution in [0.1, 0.15) is 23.2 Å². The van der Waals surface area contributed by atoms with E-state index < -0.39 is 0 Å². The summed E-state index contributed by atoms with van der Waals surface area (Å²) in [6.45, 7) is 5.38. The number of anilines is 2. The maximum Gasteiger partial charge on any atom is 0.0544 e. The average molecular weight is 680 g/mol. The Morgan fingerprint density at radius 2 is 1.11 bits per heavy atom. The van der Waals surface area contributed by atoms with Crippen LogP contribution in [0.4, 0.5) is 11.4 Å². The first-order chi connectivity index (χ1) is 26.2. The molecule has 0 spiro atoms. The summed E-state index contributed by atoms with van der Waals surface area (Å²) in [5.74, 6) is 0. The van der Waals surface area contributed by atoms with Crippen LogP contribution in [0.3, 0.4) is 0 Å². The van der Waals surface area contributed by atoms with Crippen LogP contribution in [0.15, 0.2) is 170 Å². The minimum absolute atomic E-state index is 0.707. The van der Waals surface area contributed by atoms with Gasteiger partial charge in [-0.1, -0.05) is 116 Å². The lowest BCUT2D eigenvalue weighted by molar-refractivity contribution is 1.07. The number of benzene rings is 6.